The van der Waals surface area contributed by atoms with Gasteiger partial charge in [-0.05, 0) is 12.1 Å². The van der Waals surface area contributed by atoms with Gasteiger partial charge in [-0.15, -0.1) is 22.0 Å². The number of fused-ring (bicyclic) bond motifs is 1. The lowest BCUT2D eigenvalue weighted by Crippen LogP contribution is -2.60. The Labute approximate surface area is 175 Å². The third-order valence-electron chi connectivity index (χ3n) is 5.00. The molecule has 0 aromatic carbocycles. The molecule has 30 heavy (non-hydrogen) atoms. The molecule has 0 aromatic heterocycles. The zero-order valence-corrected chi connectivity index (χ0v) is 17.0. The van der Waals surface area contributed by atoms with Crippen molar-refractivity contribution in [1.29, 1.82) is 0 Å². The van der Waals surface area contributed by atoms with Crippen LogP contribution in [0.25, 0.3) is 0 Å². The fourth-order valence-electron chi connectivity index (χ4n) is 3.77. The average Bonchev–Trinajstić information content (AvgIpc) is 3.21. The lowest BCUT2D eigenvalue weighted by atomic mass is 9.80. The first-order chi connectivity index (χ1) is 14.2. The predicted octanol–water partition coefficient (Wildman–Crippen LogP) is 0.913. The smallest absolute Gasteiger partial charge is 0.358 e. The van der Waals surface area contributed by atoms with E-state index in [2.05, 4.69) is 28.6 Å². The first kappa shape index (κ1) is 21.7. The van der Waals surface area contributed by atoms with Gasteiger partial charge in [0.05, 0.1) is 11.8 Å². The maximum atomic E-state index is 13.0. The number of carboxylic acid groups (broad SMARTS) is 1. The molecule has 0 bridgehead atoms. The van der Waals surface area contributed by atoms with Gasteiger partial charge >= 0.3 is 17.9 Å². The molecule has 0 radical (unpaired) electrons. The van der Waals surface area contributed by atoms with Crippen molar-refractivity contribution in [2.45, 2.75) is 41.5 Å². The summed E-state index contributed by atoms with van der Waals surface area (Å²) in [5, 5.41) is 20.6. The fraction of sp³-hybridized carbons (Fsp3) is 0.500. The molecule has 0 aromatic rings. The van der Waals surface area contributed by atoms with Crippen LogP contribution in [0.1, 0.15) is 19.8 Å². The molecule has 3 aliphatic rings. The minimum absolute atomic E-state index is 0.135. The van der Waals surface area contributed by atoms with Gasteiger partial charge in [0.2, 0.25) is 11.4 Å². The molecule has 2 saturated heterocycles. The largest absolute Gasteiger partial charge is 0.480 e. The van der Waals surface area contributed by atoms with Crippen molar-refractivity contribution in [2.24, 2.45) is 15.4 Å². The Kier molecular flexibility index (Phi) is 5.79. The standard InChI is InChI=1S/C18H20N4O7S/c1-4-6-28-15(26)12-18(20-21-19-12,16(27)29-7-5-2)9-17(3)13(14(24)25)22-10(23)8-11(22)30-17/h4-5,11,13H,1-2,6-9H2,3H3,(H,24,25). The van der Waals surface area contributed by atoms with Crippen LogP contribution in [0.5, 0.6) is 0 Å². The van der Waals surface area contributed by atoms with E-state index >= 15 is 0 Å². The van der Waals surface area contributed by atoms with E-state index in [4.69, 9.17) is 9.47 Å². The van der Waals surface area contributed by atoms with Crippen molar-refractivity contribution in [2.75, 3.05) is 13.2 Å². The lowest BCUT2D eigenvalue weighted by Gasteiger charge is -2.38. The minimum atomic E-state index is -2.01. The number of carbonyl (C=O) groups excluding carboxylic acids is 3. The van der Waals surface area contributed by atoms with E-state index in [1.165, 1.54) is 28.8 Å². The molecule has 3 aliphatic heterocycles. The Morgan fingerprint density at radius 3 is 2.57 bits per heavy atom. The van der Waals surface area contributed by atoms with Crippen LogP contribution in [-0.2, 0) is 28.7 Å². The Morgan fingerprint density at radius 1 is 1.30 bits per heavy atom. The van der Waals surface area contributed by atoms with Crippen molar-refractivity contribution in [3.05, 3.63) is 25.3 Å². The number of β-lactam (4-membered cyclic amide) rings is 1. The van der Waals surface area contributed by atoms with Crippen LogP contribution in [0.15, 0.2) is 40.7 Å². The summed E-state index contributed by atoms with van der Waals surface area (Å²) in [6, 6.07) is -1.22. The number of rotatable bonds is 9. The van der Waals surface area contributed by atoms with E-state index in [9.17, 15) is 24.3 Å². The molecule has 3 rings (SSSR count). The number of carbonyl (C=O) groups is 4. The molecule has 0 saturated carbocycles. The fourth-order valence-corrected chi connectivity index (χ4v) is 5.61. The molecule has 3 heterocycles. The van der Waals surface area contributed by atoms with Crippen molar-refractivity contribution >= 4 is 41.3 Å². The van der Waals surface area contributed by atoms with Gasteiger partial charge in [0.25, 0.3) is 0 Å². The molecular weight excluding hydrogens is 416 g/mol. The van der Waals surface area contributed by atoms with Crippen LogP contribution in [0.2, 0.25) is 0 Å². The van der Waals surface area contributed by atoms with E-state index in [0.717, 1.165) is 0 Å². The van der Waals surface area contributed by atoms with Crippen LogP contribution < -0.4 is 0 Å². The number of esters is 2. The van der Waals surface area contributed by atoms with Crippen LogP contribution in [0, 0.1) is 0 Å². The Morgan fingerprint density at radius 2 is 1.97 bits per heavy atom. The monoisotopic (exact) mass is 436 g/mol. The van der Waals surface area contributed by atoms with Gasteiger partial charge < -0.3 is 19.5 Å². The van der Waals surface area contributed by atoms with E-state index in [1.807, 2.05) is 0 Å². The highest BCUT2D eigenvalue weighted by Crippen LogP contribution is 2.55. The second-order valence-electron chi connectivity index (χ2n) is 7.08. The molecular formula is C18H20N4O7S. The molecule has 160 valence electrons. The quantitative estimate of drug-likeness (QED) is 0.319. The number of hydrogen-bond acceptors (Lipinski definition) is 10. The average molecular weight is 436 g/mol. The number of aliphatic carboxylic acids is 1. The first-order valence-electron chi connectivity index (χ1n) is 8.98. The van der Waals surface area contributed by atoms with Gasteiger partial charge in [-0.3, -0.25) is 4.79 Å². The number of carboxylic acids is 1. The van der Waals surface area contributed by atoms with Gasteiger partial charge in [0.15, 0.2) is 5.71 Å². The Balaban J connectivity index is 1.99. The van der Waals surface area contributed by atoms with Crippen LogP contribution >= 0.6 is 11.8 Å². The number of amides is 1. The second-order valence-corrected chi connectivity index (χ2v) is 8.79. The molecule has 4 unspecified atom stereocenters. The number of thioether (sulfide) groups is 1. The second kappa shape index (κ2) is 8.01. The summed E-state index contributed by atoms with van der Waals surface area (Å²) in [4.78, 5) is 50.8. The topological polar surface area (TPSA) is 147 Å². The van der Waals surface area contributed by atoms with E-state index < -0.39 is 39.9 Å². The minimum Gasteiger partial charge on any atom is -0.480 e. The summed E-state index contributed by atoms with van der Waals surface area (Å²) in [5.41, 5.74) is -2.42. The SMILES string of the molecule is C=CCOC(=O)C1=NN=NC1(CC1(C)SC2CC(=O)N2C1C(=O)O)C(=O)OCC=C. The van der Waals surface area contributed by atoms with Crippen molar-refractivity contribution in [3.8, 4) is 0 Å². The predicted molar refractivity (Wildman–Crippen MR) is 105 cm³/mol. The van der Waals surface area contributed by atoms with E-state index in [1.54, 1.807) is 6.92 Å². The summed E-state index contributed by atoms with van der Waals surface area (Å²) >= 11 is 1.23. The number of hydrogen-bond donors (Lipinski definition) is 1. The van der Waals surface area contributed by atoms with E-state index in [-0.39, 0.29) is 37.3 Å². The molecule has 1 amide bonds. The normalized spacial score (nSPS) is 31.4. The molecule has 0 spiro atoms. The zero-order chi connectivity index (χ0) is 22.1. The maximum Gasteiger partial charge on any atom is 0.358 e. The Hall–Kier alpha value is -3.02. The number of nitrogens with zero attached hydrogens (tertiary/aromatic N) is 4. The maximum absolute atomic E-state index is 13.0. The summed E-state index contributed by atoms with van der Waals surface area (Å²) in [5.74, 6) is -3.41. The van der Waals surface area contributed by atoms with Crippen LogP contribution in [-0.4, -0.2) is 74.4 Å². The third kappa shape index (κ3) is 3.40. The molecule has 11 nitrogen and oxygen atoms in total. The summed E-state index contributed by atoms with van der Waals surface area (Å²) in [6.45, 7) is 8.23. The highest BCUT2D eigenvalue weighted by Gasteiger charge is 2.66. The van der Waals surface area contributed by atoms with Gasteiger partial charge in [-0.2, -0.15) is 0 Å². The summed E-state index contributed by atoms with van der Waals surface area (Å²) < 4.78 is 8.97. The first-order valence-corrected chi connectivity index (χ1v) is 9.86. The van der Waals surface area contributed by atoms with Gasteiger partial charge in [0, 0.05) is 11.2 Å². The number of ether oxygens (including phenoxy) is 2. The highest BCUT2D eigenvalue weighted by atomic mass is 32.2. The Bertz CT molecular complexity index is 888. The van der Waals surface area contributed by atoms with Gasteiger partial charge in [0.1, 0.15) is 19.3 Å². The highest BCUT2D eigenvalue weighted by molar-refractivity contribution is 8.01. The van der Waals surface area contributed by atoms with Gasteiger partial charge in [-0.1, -0.05) is 25.3 Å². The van der Waals surface area contributed by atoms with Crippen molar-refractivity contribution in [1.82, 2.24) is 4.90 Å². The zero-order valence-electron chi connectivity index (χ0n) is 16.1. The van der Waals surface area contributed by atoms with Crippen molar-refractivity contribution in [3.63, 3.8) is 0 Å². The molecule has 12 heteroatoms. The van der Waals surface area contributed by atoms with Crippen LogP contribution in [0.3, 0.4) is 0 Å². The third-order valence-corrected chi connectivity index (χ3v) is 6.57. The molecule has 0 aliphatic carbocycles. The molecule has 2 fully saturated rings. The molecule has 4 atom stereocenters. The lowest BCUT2D eigenvalue weighted by molar-refractivity contribution is -0.158. The van der Waals surface area contributed by atoms with Crippen molar-refractivity contribution < 1.29 is 33.8 Å². The van der Waals surface area contributed by atoms with E-state index in [0.29, 0.717) is 0 Å². The van der Waals surface area contributed by atoms with Crippen LogP contribution in [0.4, 0.5) is 0 Å². The summed E-state index contributed by atoms with van der Waals surface area (Å²) in [6.07, 6.45) is 2.58. The summed E-state index contributed by atoms with van der Waals surface area (Å²) in [7, 11) is 0. The molecule has 1 N–H and O–H groups in total. The van der Waals surface area contributed by atoms with Gasteiger partial charge in [-0.25, -0.2) is 14.4 Å².